The molecule has 2 aromatic rings. The molecule has 0 saturated carbocycles. The zero-order valence-corrected chi connectivity index (χ0v) is 16.3. The number of halogens is 1. The molecule has 0 fully saturated rings. The van der Waals surface area contributed by atoms with Gasteiger partial charge < -0.3 is 14.7 Å². The monoisotopic (exact) mass is 369 g/mol. The first kappa shape index (κ1) is 21.1. The molecule has 1 N–H and O–H groups in total. The molecule has 0 aliphatic rings. The summed E-state index contributed by atoms with van der Waals surface area (Å²) in [4.78, 5) is 3.50. The number of thiophene rings is 1. The van der Waals surface area contributed by atoms with Crippen molar-refractivity contribution in [1.82, 2.24) is 4.90 Å². The minimum Gasteiger partial charge on any atom is -0.386 e. The normalized spacial score (nSPS) is 12.2. The van der Waals surface area contributed by atoms with Crippen LogP contribution in [0.1, 0.15) is 31.1 Å². The van der Waals surface area contributed by atoms with Crippen molar-refractivity contribution in [2.24, 2.45) is 0 Å². The number of rotatable bonds is 9. The first-order valence-corrected chi connectivity index (χ1v) is 9.16. The number of hydrogen-bond donors (Lipinski definition) is 1. The van der Waals surface area contributed by atoms with E-state index < -0.39 is 6.10 Å². The van der Waals surface area contributed by atoms with E-state index in [1.54, 1.807) is 11.3 Å². The quantitative estimate of drug-likeness (QED) is 0.659. The zero-order chi connectivity index (χ0) is 16.7. The van der Waals surface area contributed by atoms with Gasteiger partial charge in [0.1, 0.15) is 6.10 Å². The van der Waals surface area contributed by atoms with Gasteiger partial charge in [-0.1, -0.05) is 43.7 Å². The van der Waals surface area contributed by atoms with E-state index in [-0.39, 0.29) is 12.4 Å². The van der Waals surface area contributed by atoms with Gasteiger partial charge in [-0.25, -0.2) is 0 Å². The Hall–Kier alpha value is -0.910. The first-order chi connectivity index (χ1) is 11.2. The van der Waals surface area contributed by atoms with Gasteiger partial charge >= 0.3 is 0 Å². The van der Waals surface area contributed by atoms with Crippen LogP contribution < -0.4 is 0 Å². The lowest BCUT2D eigenvalue weighted by Gasteiger charge is -2.19. The van der Waals surface area contributed by atoms with Crippen molar-refractivity contribution in [3.8, 4) is 10.4 Å². The molecule has 0 aliphatic heterocycles. The Morgan fingerprint density at radius 3 is 2.58 bits per heavy atom. The fourth-order valence-corrected chi connectivity index (χ4v) is 3.39. The predicted molar refractivity (Wildman–Crippen MR) is 105 cm³/mol. The second kappa shape index (κ2) is 10.9. The lowest BCUT2D eigenvalue weighted by atomic mass is 9.99. The second-order valence-electron chi connectivity index (χ2n) is 5.69. The third kappa shape index (κ3) is 5.87. The van der Waals surface area contributed by atoms with Crippen molar-refractivity contribution >= 4 is 23.7 Å². The van der Waals surface area contributed by atoms with Crippen molar-refractivity contribution < 1.29 is 9.84 Å². The summed E-state index contributed by atoms with van der Waals surface area (Å²) in [6, 6.07) is 10.3. The summed E-state index contributed by atoms with van der Waals surface area (Å²) >= 11 is 1.70. The van der Waals surface area contributed by atoms with Gasteiger partial charge in [0.15, 0.2) is 0 Å². The molecule has 0 amide bonds. The summed E-state index contributed by atoms with van der Waals surface area (Å²) in [5.74, 6) is 0. The van der Waals surface area contributed by atoms with Crippen LogP contribution in [0, 0.1) is 6.92 Å². The minimum atomic E-state index is -0.593. The Morgan fingerprint density at radius 2 is 1.96 bits per heavy atom. The molecule has 1 aromatic heterocycles. The maximum absolute atomic E-state index is 10.5. The van der Waals surface area contributed by atoms with Crippen molar-refractivity contribution in [3.63, 3.8) is 0 Å². The maximum Gasteiger partial charge on any atom is 0.103 e. The fraction of sp³-hybridized carbons (Fsp3) is 0.474. The first-order valence-electron chi connectivity index (χ1n) is 8.28. The molecule has 0 radical (unpaired) electrons. The number of nitrogens with zero attached hydrogens (tertiary/aromatic N) is 1. The van der Waals surface area contributed by atoms with Gasteiger partial charge in [-0.2, -0.15) is 0 Å². The molecule has 1 unspecified atom stereocenters. The van der Waals surface area contributed by atoms with Crippen LogP contribution in [0.3, 0.4) is 0 Å². The fourth-order valence-electron chi connectivity index (χ4n) is 2.62. The average Bonchev–Trinajstić information content (AvgIpc) is 3.09. The lowest BCUT2D eigenvalue weighted by Crippen LogP contribution is -2.27. The van der Waals surface area contributed by atoms with Crippen LogP contribution in [-0.2, 0) is 4.74 Å². The summed E-state index contributed by atoms with van der Waals surface area (Å²) in [6.07, 6.45) is -0.593. The van der Waals surface area contributed by atoms with E-state index >= 15 is 0 Å². The van der Waals surface area contributed by atoms with Crippen molar-refractivity contribution in [2.75, 3.05) is 32.8 Å². The second-order valence-corrected chi connectivity index (χ2v) is 6.63. The Kier molecular flexibility index (Phi) is 9.56. The molecule has 134 valence electrons. The molecule has 1 atom stereocenters. The predicted octanol–water partition coefficient (Wildman–Crippen LogP) is 4.54. The summed E-state index contributed by atoms with van der Waals surface area (Å²) in [6.45, 7) is 10.3. The van der Waals surface area contributed by atoms with Crippen molar-refractivity contribution in [2.45, 2.75) is 26.9 Å². The van der Waals surface area contributed by atoms with Gasteiger partial charge in [0, 0.05) is 11.4 Å². The Balaban J connectivity index is 0.00000288. The van der Waals surface area contributed by atoms with E-state index in [1.807, 2.05) is 18.2 Å². The van der Waals surface area contributed by atoms with Gasteiger partial charge in [-0.3, -0.25) is 0 Å². The average molecular weight is 370 g/mol. The Bertz CT molecular complexity index is 585. The lowest BCUT2D eigenvalue weighted by molar-refractivity contribution is 0.0276. The third-order valence-corrected chi connectivity index (χ3v) is 4.98. The summed E-state index contributed by atoms with van der Waals surface area (Å²) in [7, 11) is 0. The molecule has 5 heteroatoms. The molecule has 1 aromatic carbocycles. The number of aryl methyl sites for hydroxylation is 1. The summed E-state index contributed by atoms with van der Waals surface area (Å²) in [5.41, 5.74) is 3.26. The standard InChI is InChI=1S/C19H27NO2S.ClH/c1-4-20(5-2)10-11-22-14-18(21)16-9-8-15(3)13-17(16)19-7-6-12-23-19;/h6-9,12-13,18,21H,4-5,10-11,14H2,1-3H3;1H. The van der Waals surface area contributed by atoms with E-state index in [0.29, 0.717) is 13.2 Å². The number of likely N-dealkylation sites (N-methyl/N-ethyl adjacent to an activating group) is 1. The van der Waals surface area contributed by atoms with Crippen LogP contribution in [-0.4, -0.2) is 42.9 Å². The highest BCUT2D eigenvalue weighted by molar-refractivity contribution is 7.13. The van der Waals surface area contributed by atoms with E-state index in [0.717, 1.165) is 30.8 Å². The maximum atomic E-state index is 10.5. The molecule has 0 spiro atoms. The number of ether oxygens (including phenoxy) is 1. The highest BCUT2D eigenvalue weighted by atomic mass is 35.5. The third-order valence-electron chi connectivity index (χ3n) is 4.08. The van der Waals surface area contributed by atoms with Crippen LogP contribution >= 0.6 is 23.7 Å². The van der Waals surface area contributed by atoms with Crippen LogP contribution in [0.5, 0.6) is 0 Å². The molecule has 0 bridgehead atoms. The van der Waals surface area contributed by atoms with Crippen LogP contribution in [0.15, 0.2) is 35.7 Å². The van der Waals surface area contributed by atoms with E-state index in [9.17, 15) is 5.11 Å². The van der Waals surface area contributed by atoms with E-state index in [4.69, 9.17) is 4.74 Å². The number of hydrogen-bond acceptors (Lipinski definition) is 4. The largest absolute Gasteiger partial charge is 0.386 e. The van der Waals surface area contributed by atoms with Crippen molar-refractivity contribution in [3.05, 3.63) is 46.8 Å². The van der Waals surface area contributed by atoms with Crippen LogP contribution in [0.25, 0.3) is 10.4 Å². The summed E-state index contributed by atoms with van der Waals surface area (Å²) < 4.78 is 5.70. The zero-order valence-electron chi connectivity index (χ0n) is 14.7. The van der Waals surface area contributed by atoms with Gasteiger partial charge in [0.05, 0.1) is 13.2 Å². The van der Waals surface area contributed by atoms with Gasteiger partial charge in [-0.15, -0.1) is 23.7 Å². The smallest absolute Gasteiger partial charge is 0.103 e. The highest BCUT2D eigenvalue weighted by Gasteiger charge is 2.15. The van der Waals surface area contributed by atoms with Crippen LogP contribution in [0.2, 0.25) is 0 Å². The molecule has 3 nitrogen and oxygen atoms in total. The Labute approximate surface area is 155 Å². The van der Waals surface area contributed by atoms with Crippen LogP contribution in [0.4, 0.5) is 0 Å². The molecular weight excluding hydrogens is 342 g/mol. The molecular formula is C19H28ClNO2S. The topological polar surface area (TPSA) is 32.7 Å². The molecule has 0 saturated heterocycles. The highest BCUT2D eigenvalue weighted by Crippen LogP contribution is 2.32. The number of aliphatic hydroxyl groups excluding tert-OH is 1. The van der Waals surface area contributed by atoms with E-state index in [1.165, 1.54) is 10.4 Å². The van der Waals surface area contributed by atoms with Gasteiger partial charge in [0.25, 0.3) is 0 Å². The van der Waals surface area contributed by atoms with Gasteiger partial charge in [0.2, 0.25) is 0 Å². The number of benzene rings is 1. The SMILES string of the molecule is CCN(CC)CCOCC(O)c1ccc(C)cc1-c1cccs1.Cl. The molecule has 1 heterocycles. The molecule has 24 heavy (non-hydrogen) atoms. The Morgan fingerprint density at radius 1 is 1.21 bits per heavy atom. The molecule has 2 rings (SSSR count). The molecule has 0 aliphatic carbocycles. The number of aliphatic hydroxyl groups is 1. The minimum absolute atomic E-state index is 0. The van der Waals surface area contributed by atoms with Gasteiger partial charge in [-0.05, 0) is 42.6 Å². The van der Waals surface area contributed by atoms with Crippen molar-refractivity contribution in [1.29, 1.82) is 0 Å². The summed E-state index contributed by atoms with van der Waals surface area (Å²) in [5, 5.41) is 12.6. The van der Waals surface area contributed by atoms with E-state index in [2.05, 4.69) is 43.2 Å².